The van der Waals surface area contributed by atoms with E-state index < -0.39 is 12.0 Å². The van der Waals surface area contributed by atoms with Crippen LogP contribution in [0.5, 0.6) is 0 Å². The summed E-state index contributed by atoms with van der Waals surface area (Å²) in [6.45, 7) is 1.93. The molecule has 2 aromatic rings. The molecule has 1 atom stereocenters. The Labute approximate surface area is 119 Å². The highest BCUT2D eigenvalue weighted by molar-refractivity contribution is 7.99. The molecule has 104 valence electrons. The molecule has 1 N–H and O–H groups in total. The Morgan fingerprint density at radius 1 is 1.45 bits per heavy atom. The van der Waals surface area contributed by atoms with Crippen molar-refractivity contribution in [2.45, 2.75) is 13.0 Å². The van der Waals surface area contributed by atoms with Crippen molar-refractivity contribution in [1.82, 2.24) is 14.3 Å². The van der Waals surface area contributed by atoms with Gasteiger partial charge in [0.05, 0.1) is 5.88 Å². The molecule has 7 heteroatoms. The van der Waals surface area contributed by atoms with Crippen molar-refractivity contribution in [3.63, 3.8) is 0 Å². The second kappa shape index (κ2) is 4.82. The van der Waals surface area contributed by atoms with Crippen LogP contribution < -0.4 is 0 Å². The minimum absolute atomic E-state index is 0.285. The summed E-state index contributed by atoms with van der Waals surface area (Å²) in [6.07, 6.45) is 1.66. The lowest BCUT2D eigenvalue weighted by Gasteiger charge is -2.18. The molecule has 3 rings (SSSR count). The second-order valence-electron chi connectivity index (χ2n) is 4.65. The van der Waals surface area contributed by atoms with E-state index in [2.05, 4.69) is 4.98 Å². The van der Waals surface area contributed by atoms with E-state index in [1.54, 1.807) is 6.20 Å². The van der Waals surface area contributed by atoms with Crippen LogP contribution >= 0.6 is 11.8 Å². The molecule has 1 unspecified atom stereocenters. The molecule has 0 radical (unpaired) electrons. The number of rotatable bonds is 2. The van der Waals surface area contributed by atoms with Crippen molar-refractivity contribution in [2.75, 3.05) is 11.6 Å². The number of carbonyl (C=O) groups is 2. The fourth-order valence-electron chi connectivity index (χ4n) is 2.25. The molecule has 1 aliphatic rings. The van der Waals surface area contributed by atoms with Crippen LogP contribution in [0.3, 0.4) is 0 Å². The van der Waals surface area contributed by atoms with Gasteiger partial charge in [-0.3, -0.25) is 4.79 Å². The third-order valence-corrected chi connectivity index (χ3v) is 4.36. The highest BCUT2D eigenvalue weighted by Gasteiger charge is 2.35. The first kappa shape index (κ1) is 13.0. The van der Waals surface area contributed by atoms with Crippen molar-refractivity contribution >= 4 is 29.3 Å². The fraction of sp³-hybridized carbons (Fsp3) is 0.308. The van der Waals surface area contributed by atoms with E-state index in [9.17, 15) is 9.59 Å². The van der Waals surface area contributed by atoms with E-state index in [1.807, 2.05) is 29.5 Å². The smallest absolute Gasteiger partial charge is 0.327 e. The summed E-state index contributed by atoms with van der Waals surface area (Å²) in [7, 11) is 0. The number of amides is 1. The molecule has 20 heavy (non-hydrogen) atoms. The minimum Gasteiger partial charge on any atom is -0.480 e. The van der Waals surface area contributed by atoms with Gasteiger partial charge in [0.25, 0.3) is 5.91 Å². The quantitative estimate of drug-likeness (QED) is 0.901. The molecule has 6 nitrogen and oxygen atoms in total. The third kappa shape index (κ3) is 2.03. The highest BCUT2D eigenvalue weighted by atomic mass is 32.2. The zero-order valence-electron chi connectivity index (χ0n) is 10.8. The van der Waals surface area contributed by atoms with E-state index in [1.165, 1.54) is 16.7 Å². The molecule has 2 aromatic heterocycles. The van der Waals surface area contributed by atoms with Crippen LogP contribution in [-0.4, -0.2) is 48.9 Å². The third-order valence-electron chi connectivity index (χ3n) is 3.34. The average molecular weight is 291 g/mol. The molecule has 1 aliphatic heterocycles. The lowest BCUT2D eigenvalue weighted by atomic mass is 10.3. The van der Waals surface area contributed by atoms with E-state index in [-0.39, 0.29) is 11.6 Å². The van der Waals surface area contributed by atoms with Crippen LogP contribution in [-0.2, 0) is 4.79 Å². The van der Waals surface area contributed by atoms with Crippen molar-refractivity contribution < 1.29 is 14.7 Å². The van der Waals surface area contributed by atoms with E-state index in [0.717, 1.165) is 5.69 Å². The fourth-order valence-corrected chi connectivity index (χ4v) is 3.39. The second-order valence-corrected chi connectivity index (χ2v) is 5.65. The van der Waals surface area contributed by atoms with Crippen LogP contribution in [0.15, 0.2) is 24.4 Å². The van der Waals surface area contributed by atoms with Gasteiger partial charge in [-0.05, 0) is 19.1 Å². The van der Waals surface area contributed by atoms with Gasteiger partial charge in [-0.25, -0.2) is 9.78 Å². The number of carboxylic acid groups (broad SMARTS) is 1. The van der Waals surface area contributed by atoms with Crippen LogP contribution in [0.25, 0.3) is 5.65 Å². The first-order chi connectivity index (χ1) is 9.58. The lowest BCUT2D eigenvalue weighted by molar-refractivity contribution is -0.140. The molecular weight excluding hydrogens is 278 g/mol. The molecule has 1 fully saturated rings. The Morgan fingerprint density at radius 2 is 2.25 bits per heavy atom. The number of carboxylic acids is 1. The topological polar surface area (TPSA) is 74.9 Å². The van der Waals surface area contributed by atoms with Crippen molar-refractivity contribution in [2.24, 2.45) is 0 Å². The zero-order valence-corrected chi connectivity index (χ0v) is 11.6. The van der Waals surface area contributed by atoms with Crippen molar-refractivity contribution in [3.8, 4) is 0 Å². The summed E-state index contributed by atoms with van der Waals surface area (Å²) in [4.78, 5) is 29.2. The Balaban J connectivity index is 1.96. The standard InChI is InChI=1S/C13H13N3O3S/c1-8-3-2-4-11-14-9(5-15(8)11)12(17)16-7-20-6-10(16)13(18)19/h2-5,10H,6-7H2,1H3,(H,18,19). The van der Waals surface area contributed by atoms with Crippen LogP contribution in [0, 0.1) is 6.92 Å². The van der Waals surface area contributed by atoms with E-state index >= 15 is 0 Å². The molecule has 1 saturated heterocycles. The van der Waals surface area contributed by atoms with Gasteiger partial charge in [-0.15, -0.1) is 11.8 Å². The molecule has 0 saturated carbocycles. The summed E-state index contributed by atoms with van der Waals surface area (Å²) < 4.78 is 1.83. The maximum atomic E-state index is 12.4. The van der Waals surface area contributed by atoms with Crippen LogP contribution in [0.1, 0.15) is 16.2 Å². The van der Waals surface area contributed by atoms with Crippen molar-refractivity contribution in [3.05, 3.63) is 35.8 Å². The summed E-state index contributed by atoms with van der Waals surface area (Å²) in [6, 6.07) is 4.85. The molecule has 0 bridgehead atoms. The first-order valence-corrected chi connectivity index (χ1v) is 7.29. The molecule has 0 spiro atoms. The maximum Gasteiger partial charge on any atom is 0.327 e. The lowest BCUT2D eigenvalue weighted by Crippen LogP contribution is -2.41. The van der Waals surface area contributed by atoms with Gasteiger partial charge in [0.1, 0.15) is 17.4 Å². The van der Waals surface area contributed by atoms with Gasteiger partial charge >= 0.3 is 5.97 Å². The normalized spacial score (nSPS) is 18.6. The van der Waals surface area contributed by atoms with Gasteiger partial charge in [0, 0.05) is 17.6 Å². The number of imidazole rings is 1. The summed E-state index contributed by atoms with van der Waals surface area (Å²) in [5.41, 5.74) is 1.94. The number of nitrogens with zero attached hydrogens (tertiary/aromatic N) is 3. The predicted molar refractivity (Wildman–Crippen MR) is 74.8 cm³/mol. The van der Waals surface area contributed by atoms with Crippen LogP contribution in [0.2, 0.25) is 0 Å². The predicted octanol–water partition coefficient (Wildman–Crippen LogP) is 1.24. The Hall–Kier alpha value is -2.02. The number of hydrogen-bond acceptors (Lipinski definition) is 4. The number of aliphatic carboxylic acids is 1. The minimum atomic E-state index is -0.969. The van der Waals surface area contributed by atoms with E-state index in [4.69, 9.17) is 5.11 Å². The maximum absolute atomic E-state index is 12.4. The number of fused-ring (bicyclic) bond motifs is 1. The zero-order chi connectivity index (χ0) is 14.3. The number of aryl methyl sites for hydroxylation is 1. The van der Waals surface area contributed by atoms with Gasteiger partial charge in [-0.1, -0.05) is 6.07 Å². The molecular formula is C13H13N3O3S. The van der Waals surface area contributed by atoms with Crippen molar-refractivity contribution in [1.29, 1.82) is 0 Å². The van der Waals surface area contributed by atoms with Gasteiger partial charge < -0.3 is 14.4 Å². The molecule has 0 aromatic carbocycles. The Morgan fingerprint density at radius 3 is 2.95 bits per heavy atom. The van der Waals surface area contributed by atoms with Gasteiger partial charge in [0.2, 0.25) is 0 Å². The number of thioether (sulfide) groups is 1. The highest BCUT2D eigenvalue weighted by Crippen LogP contribution is 2.23. The Kier molecular flexibility index (Phi) is 3.13. The number of pyridine rings is 1. The average Bonchev–Trinajstić information content (AvgIpc) is 3.05. The molecule has 1 amide bonds. The molecule has 3 heterocycles. The largest absolute Gasteiger partial charge is 0.480 e. The monoisotopic (exact) mass is 291 g/mol. The van der Waals surface area contributed by atoms with E-state index in [0.29, 0.717) is 17.3 Å². The number of aromatic nitrogens is 2. The summed E-state index contributed by atoms with van der Waals surface area (Å²) >= 11 is 1.44. The Bertz CT molecular complexity index is 697. The number of hydrogen-bond donors (Lipinski definition) is 1. The number of carbonyl (C=O) groups excluding carboxylic acids is 1. The van der Waals surface area contributed by atoms with Crippen LogP contribution in [0.4, 0.5) is 0 Å². The molecule has 0 aliphatic carbocycles. The summed E-state index contributed by atoms with van der Waals surface area (Å²) in [5.74, 6) is -0.482. The summed E-state index contributed by atoms with van der Waals surface area (Å²) in [5, 5.41) is 9.13. The SMILES string of the molecule is Cc1cccc2nc(C(=O)N3CSCC3C(=O)O)cn12. The first-order valence-electron chi connectivity index (χ1n) is 6.14. The van der Waals surface area contributed by atoms with Gasteiger partial charge in [0.15, 0.2) is 0 Å². The van der Waals surface area contributed by atoms with Gasteiger partial charge in [-0.2, -0.15) is 0 Å².